The number of fused-ring (bicyclic) bond motifs is 1. The Morgan fingerprint density at radius 3 is 2.53 bits per heavy atom. The lowest BCUT2D eigenvalue weighted by Crippen LogP contribution is -2.39. The molecule has 1 saturated heterocycles. The molecule has 3 rings (SSSR count). The number of benzene rings is 2. The zero-order valence-corrected chi connectivity index (χ0v) is 10.5. The van der Waals surface area contributed by atoms with Crippen molar-refractivity contribution in [1.29, 1.82) is 0 Å². The van der Waals surface area contributed by atoms with Gasteiger partial charge >= 0.3 is 0 Å². The Labute approximate surface area is 106 Å². The molecule has 1 fully saturated rings. The van der Waals surface area contributed by atoms with Crippen LogP contribution in [0.1, 0.15) is 0 Å². The van der Waals surface area contributed by atoms with Crippen molar-refractivity contribution in [1.82, 2.24) is 9.62 Å². The number of hydrogen-bond acceptors (Lipinski definition) is 3. The van der Waals surface area contributed by atoms with Crippen LogP contribution >= 0.6 is 11.9 Å². The maximum Gasteiger partial charge on any atom is 0.0236 e. The van der Waals surface area contributed by atoms with Gasteiger partial charge in [0.15, 0.2) is 0 Å². The van der Waals surface area contributed by atoms with Gasteiger partial charge < -0.3 is 5.32 Å². The summed E-state index contributed by atoms with van der Waals surface area (Å²) in [6, 6.07) is 15.2. The van der Waals surface area contributed by atoms with Crippen molar-refractivity contribution < 1.29 is 0 Å². The third kappa shape index (κ3) is 2.63. The lowest BCUT2D eigenvalue weighted by atomic mass is 10.1. The first kappa shape index (κ1) is 11.1. The largest absolute Gasteiger partial charge is 0.314 e. The Hall–Kier alpha value is -1.03. The molecule has 1 aliphatic rings. The molecule has 0 unspecified atom stereocenters. The van der Waals surface area contributed by atoms with Crippen LogP contribution in [0.4, 0.5) is 0 Å². The molecule has 0 saturated carbocycles. The summed E-state index contributed by atoms with van der Waals surface area (Å²) in [7, 11) is 0. The predicted octanol–water partition coefficient (Wildman–Crippen LogP) is 2.75. The number of hydrogen-bond donors (Lipinski definition) is 1. The molecule has 0 atom stereocenters. The second kappa shape index (κ2) is 5.08. The molecule has 0 bridgehead atoms. The molecule has 17 heavy (non-hydrogen) atoms. The molecule has 3 heteroatoms. The van der Waals surface area contributed by atoms with E-state index < -0.39 is 0 Å². The number of rotatable bonds is 2. The van der Waals surface area contributed by atoms with Gasteiger partial charge in [-0.25, -0.2) is 4.31 Å². The van der Waals surface area contributed by atoms with Gasteiger partial charge in [0.05, 0.1) is 0 Å². The third-order valence-electron chi connectivity index (χ3n) is 3.03. The summed E-state index contributed by atoms with van der Waals surface area (Å²) in [5, 5.41) is 6.02. The molecule has 0 spiro atoms. The first-order valence-corrected chi connectivity index (χ1v) is 6.82. The van der Waals surface area contributed by atoms with Gasteiger partial charge in [-0.1, -0.05) is 30.3 Å². The topological polar surface area (TPSA) is 15.3 Å². The molecule has 0 aromatic heterocycles. The Morgan fingerprint density at radius 1 is 0.941 bits per heavy atom. The normalized spacial score (nSPS) is 17.4. The second-order valence-electron chi connectivity index (χ2n) is 4.28. The van der Waals surface area contributed by atoms with Crippen LogP contribution in [0.3, 0.4) is 0 Å². The first-order valence-electron chi connectivity index (χ1n) is 6.04. The van der Waals surface area contributed by atoms with Gasteiger partial charge in [-0.2, -0.15) is 0 Å². The van der Waals surface area contributed by atoms with E-state index in [0.717, 1.165) is 26.2 Å². The zero-order chi connectivity index (χ0) is 11.5. The van der Waals surface area contributed by atoms with Gasteiger partial charge in [0.25, 0.3) is 0 Å². The highest BCUT2D eigenvalue weighted by Gasteiger charge is 2.10. The van der Waals surface area contributed by atoms with Crippen LogP contribution in [0.25, 0.3) is 10.8 Å². The third-order valence-corrected chi connectivity index (χ3v) is 4.12. The van der Waals surface area contributed by atoms with Gasteiger partial charge in [-0.3, -0.25) is 0 Å². The molecule has 88 valence electrons. The Balaban J connectivity index is 1.80. The van der Waals surface area contributed by atoms with E-state index in [1.54, 1.807) is 0 Å². The molecular weight excluding hydrogens is 228 g/mol. The maximum atomic E-state index is 3.38. The molecule has 1 aliphatic heterocycles. The van der Waals surface area contributed by atoms with Crippen LogP contribution in [0.5, 0.6) is 0 Å². The van der Waals surface area contributed by atoms with Crippen molar-refractivity contribution in [2.45, 2.75) is 4.90 Å². The minimum absolute atomic E-state index is 1.10. The summed E-state index contributed by atoms with van der Waals surface area (Å²) in [5.41, 5.74) is 0. The van der Waals surface area contributed by atoms with E-state index in [1.165, 1.54) is 15.7 Å². The smallest absolute Gasteiger partial charge is 0.0236 e. The van der Waals surface area contributed by atoms with Gasteiger partial charge in [-0.05, 0) is 34.9 Å². The molecule has 2 nitrogen and oxygen atoms in total. The van der Waals surface area contributed by atoms with E-state index in [4.69, 9.17) is 0 Å². The van der Waals surface area contributed by atoms with Crippen molar-refractivity contribution in [3.8, 4) is 0 Å². The average molecular weight is 244 g/mol. The van der Waals surface area contributed by atoms with E-state index in [0.29, 0.717) is 0 Å². The molecule has 2 aromatic rings. The van der Waals surface area contributed by atoms with E-state index in [2.05, 4.69) is 52.1 Å². The summed E-state index contributed by atoms with van der Waals surface area (Å²) in [6.45, 7) is 4.44. The van der Waals surface area contributed by atoms with Crippen LogP contribution in [0, 0.1) is 0 Å². The van der Waals surface area contributed by atoms with Crippen molar-refractivity contribution >= 4 is 22.7 Å². The minimum atomic E-state index is 1.10. The van der Waals surface area contributed by atoms with Crippen LogP contribution in [-0.4, -0.2) is 30.5 Å². The van der Waals surface area contributed by atoms with E-state index in [9.17, 15) is 0 Å². The van der Waals surface area contributed by atoms with E-state index in [1.807, 2.05) is 11.9 Å². The molecule has 0 aliphatic carbocycles. The summed E-state index contributed by atoms with van der Waals surface area (Å²) < 4.78 is 2.43. The van der Waals surface area contributed by atoms with Crippen molar-refractivity contribution in [3.63, 3.8) is 0 Å². The molecule has 0 radical (unpaired) electrons. The van der Waals surface area contributed by atoms with Gasteiger partial charge in [-0.15, -0.1) is 0 Å². The summed E-state index contributed by atoms with van der Waals surface area (Å²) in [5.74, 6) is 0. The fourth-order valence-electron chi connectivity index (χ4n) is 2.11. The van der Waals surface area contributed by atoms with Crippen molar-refractivity contribution in [3.05, 3.63) is 42.5 Å². The van der Waals surface area contributed by atoms with Gasteiger partial charge in [0.1, 0.15) is 0 Å². The minimum Gasteiger partial charge on any atom is -0.314 e. The Morgan fingerprint density at radius 2 is 1.71 bits per heavy atom. The quantitative estimate of drug-likeness (QED) is 0.818. The van der Waals surface area contributed by atoms with Gasteiger partial charge in [0, 0.05) is 31.1 Å². The molecule has 2 aromatic carbocycles. The van der Waals surface area contributed by atoms with Crippen LogP contribution in [0.2, 0.25) is 0 Å². The Kier molecular flexibility index (Phi) is 3.31. The molecule has 1 heterocycles. The molecular formula is C14H16N2S. The summed E-state index contributed by atoms with van der Waals surface area (Å²) >= 11 is 1.87. The number of piperazine rings is 1. The number of nitrogens with zero attached hydrogens (tertiary/aromatic N) is 1. The SMILES string of the molecule is c1ccc2cc(SN3CCNCC3)ccc2c1. The summed E-state index contributed by atoms with van der Waals surface area (Å²) in [6.07, 6.45) is 0. The lowest BCUT2D eigenvalue weighted by molar-refractivity contribution is 0.396. The van der Waals surface area contributed by atoms with Crippen LogP contribution < -0.4 is 5.32 Å². The monoisotopic (exact) mass is 244 g/mol. The first-order chi connectivity index (χ1) is 8.42. The highest BCUT2D eigenvalue weighted by Crippen LogP contribution is 2.26. The van der Waals surface area contributed by atoms with Crippen molar-refractivity contribution in [2.75, 3.05) is 26.2 Å². The van der Waals surface area contributed by atoms with E-state index in [-0.39, 0.29) is 0 Å². The van der Waals surface area contributed by atoms with Crippen LogP contribution in [-0.2, 0) is 0 Å². The fourth-order valence-corrected chi connectivity index (χ4v) is 3.08. The second-order valence-corrected chi connectivity index (χ2v) is 5.45. The molecule has 0 amide bonds. The number of nitrogens with one attached hydrogen (secondary N) is 1. The van der Waals surface area contributed by atoms with Gasteiger partial charge in [0.2, 0.25) is 0 Å². The van der Waals surface area contributed by atoms with Crippen LogP contribution in [0.15, 0.2) is 47.4 Å². The predicted molar refractivity (Wildman–Crippen MR) is 74.2 cm³/mol. The Bertz CT molecular complexity index is 506. The lowest BCUT2D eigenvalue weighted by Gasteiger charge is -2.25. The highest BCUT2D eigenvalue weighted by atomic mass is 32.2. The molecule has 1 N–H and O–H groups in total. The summed E-state index contributed by atoms with van der Waals surface area (Å²) in [4.78, 5) is 1.34. The maximum absolute atomic E-state index is 3.38. The zero-order valence-electron chi connectivity index (χ0n) is 9.73. The standard InChI is InChI=1S/C14H16N2S/c1-2-4-13-11-14(6-5-12(13)3-1)17-16-9-7-15-8-10-16/h1-6,11,15H,7-10H2. The van der Waals surface area contributed by atoms with E-state index >= 15 is 0 Å². The average Bonchev–Trinajstić information content (AvgIpc) is 2.40. The fraction of sp³-hybridized carbons (Fsp3) is 0.286. The highest BCUT2D eigenvalue weighted by molar-refractivity contribution is 7.97. The van der Waals surface area contributed by atoms with Crippen molar-refractivity contribution in [2.24, 2.45) is 0 Å².